The molecule has 0 saturated carbocycles. The average molecular weight is 238 g/mol. The molecule has 0 radical (unpaired) electrons. The van der Waals surface area contributed by atoms with Gasteiger partial charge in [-0.05, 0) is 26.0 Å². The summed E-state index contributed by atoms with van der Waals surface area (Å²) >= 11 is 0. The van der Waals surface area contributed by atoms with Gasteiger partial charge in [0, 0.05) is 5.56 Å². The largest absolute Gasteiger partial charge is 0.490 e. The molecule has 0 aromatic heterocycles. The molecule has 4 nitrogen and oxygen atoms in total. The van der Waals surface area contributed by atoms with Crippen molar-refractivity contribution < 1.29 is 18.9 Å². The Bertz CT molecular complexity index is 358. The molecule has 1 heterocycles. The SMILES string of the molecule is CCOc1ccc(C2OCCO2)cc1OCC. The number of hydrogen-bond acceptors (Lipinski definition) is 4. The second-order valence-electron chi connectivity index (χ2n) is 3.65. The van der Waals surface area contributed by atoms with Gasteiger partial charge >= 0.3 is 0 Å². The zero-order chi connectivity index (χ0) is 12.1. The van der Waals surface area contributed by atoms with Gasteiger partial charge in [-0.15, -0.1) is 0 Å². The molecule has 0 bridgehead atoms. The zero-order valence-corrected chi connectivity index (χ0v) is 10.3. The van der Waals surface area contributed by atoms with Crippen LogP contribution in [0, 0.1) is 0 Å². The molecular formula is C13H18O4. The van der Waals surface area contributed by atoms with E-state index in [4.69, 9.17) is 18.9 Å². The third-order valence-corrected chi connectivity index (χ3v) is 2.46. The first-order valence-corrected chi connectivity index (χ1v) is 5.98. The maximum Gasteiger partial charge on any atom is 0.184 e. The highest BCUT2D eigenvalue weighted by molar-refractivity contribution is 5.43. The summed E-state index contributed by atoms with van der Waals surface area (Å²) in [6, 6.07) is 5.77. The molecule has 1 aromatic carbocycles. The topological polar surface area (TPSA) is 36.9 Å². The molecule has 1 fully saturated rings. The van der Waals surface area contributed by atoms with E-state index in [1.807, 2.05) is 32.0 Å². The molecule has 0 unspecified atom stereocenters. The molecule has 94 valence electrons. The summed E-state index contributed by atoms with van der Waals surface area (Å²) < 4.78 is 22.0. The van der Waals surface area contributed by atoms with Crippen LogP contribution in [-0.4, -0.2) is 26.4 Å². The minimum atomic E-state index is -0.273. The highest BCUT2D eigenvalue weighted by Crippen LogP contribution is 2.33. The van der Waals surface area contributed by atoms with Gasteiger partial charge in [0.15, 0.2) is 17.8 Å². The van der Waals surface area contributed by atoms with E-state index in [9.17, 15) is 0 Å². The van der Waals surface area contributed by atoms with Crippen LogP contribution in [0.25, 0.3) is 0 Å². The van der Waals surface area contributed by atoms with E-state index in [1.165, 1.54) is 0 Å². The smallest absolute Gasteiger partial charge is 0.184 e. The Balaban J connectivity index is 2.20. The van der Waals surface area contributed by atoms with Crippen LogP contribution >= 0.6 is 0 Å². The lowest BCUT2D eigenvalue weighted by Crippen LogP contribution is -2.02. The molecule has 0 spiro atoms. The van der Waals surface area contributed by atoms with E-state index >= 15 is 0 Å². The van der Waals surface area contributed by atoms with Crippen LogP contribution in [0.2, 0.25) is 0 Å². The van der Waals surface area contributed by atoms with Gasteiger partial charge < -0.3 is 18.9 Å². The van der Waals surface area contributed by atoms with Crippen LogP contribution in [0.1, 0.15) is 25.7 Å². The highest BCUT2D eigenvalue weighted by Gasteiger charge is 2.19. The van der Waals surface area contributed by atoms with Gasteiger partial charge in [-0.3, -0.25) is 0 Å². The van der Waals surface area contributed by atoms with Gasteiger partial charge in [0.05, 0.1) is 26.4 Å². The first-order valence-electron chi connectivity index (χ1n) is 5.98. The normalized spacial score (nSPS) is 16.1. The summed E-state index contributed by atoms with van der Waals surface area (Å²) in [6.07, 6.45) is -0.273. The Hall–Kier alpha value is -1.26. The van der Waals surface area contributed by atoms with Crippen molar-refractivity contribution in [1.82, 2.24) is 0 Å². The Morgan fingerprint density at radius 1 is 1.06 bits per heavy atom. The summed E-state index contributed by atoms with van der Waals surface area (Å²) in [5, 5.41) is 0. The van der Waals surface area contributed by atoms with Crippen LogP contribution < -0.4 is 9.47 Å². The molecule has 17 heavy (non-hydrogen) atoms. The highest BCUT2D eigenvalue weighted by atomic mass is 16.7. The summed E-state index contributed by atoms with van der Waals surface area (Å²) in [4.78, 5) is 0. The second kappa shape index (κ2) is 5.89. The van der Waals surface area contributed by atoms with E-state index in [1.54, 1.807) is 0 Å². The fourth-order valence-corrected chi connectivity index (χ4v) is 1.77. The number of rotatable bonds is 5. The molecule has 1 aromatic rings. The summed E-state index contributed by atoms with van der Waals surface area (Å²) in [6.45, 7) is 6.41. The lowest BCUT2D eigenvalue weighted by Gasteiger charge is -2.14. The number of ether oxygens (including phenoxy) is 4. The lowest BCUT2D eigenvalue weighted by atomic mass is 10.2. The molecule has 2 rings (SSSR count). The predicted octanol–water partition coefficient (Wildman–Crippen LogP) is 2.53. The third kappa shape index (κ3) is 2.90. The third-order valence-electron chi connectivity index (χ3n) is 2.46. The maximum atomic E-state index is 5.55. The van der Waals surface area contributed by atoms with Crippen molar-refractivity contribution in [1.29, 1.82) is 0 Å². The van der Waals surface area contributed by atoms with E-state index < -0.39 is 0 Å². The van der Waals surface area contributed by atoms with Crippen molar-refractivity contribution in [3.8, 4) is 11.5 Å². The van der Waals surface area contributed by atoms with Crippen LogP contribution in [0.5, 0.6) is 11.5 Å². The van der Waals surface area contributed by atoms with Gasteiger partial charge in [0.25, 0.3) is 0 Å². The maximum absolute atomic E-state index is 5.55. The van der Waals surface area contributed by atoms with E-state index in [0.717, 1.165) is 17.1 Å². The van der Waals surface area contributed by atoms with Crippen molar-refractivity contribution in [2.24, 2.45) is 0 Å². The molecule has 0 amide bonds. The molecular weight excluding hydrogens is 220 g/mol. The second-order valence-corrected chi connectivity index (χ2v) is 3.65. The lowest BCUT2D eigenvalue weighted by molar-refractivity contribution is -0.0442. The fourth-order valence-electron chi connectivity index (χ4n) is 1.77. The monoisotopic (exact) mass is 238 g/mol. The average Bonchev–Trinajstić information content (AvgIpc) is 2.85. The van der Waals surface area contributed by atoms with Gasteiger partial charge in [-0.1, -0.05) is 6.07 Å². The van der Waals surface area contributed by atoms with Gasteiger partial charge in [0.2, 0.25) is 0 Å². The Morgan fingerprint density at radius 2 is 1.71 bits per heavy atom. The van der Waals surface area contributed by atoms with Crippen LogP contribution in [0.15, 0.2) is 18.2 Å². The first-order chi connectivity index (χ1) is 8.35. The molecule has 0 atom stereocenters. The molecule has 1 aliphatic rings. The van der Waals surface area contributed by atoms with E-state index in [2.05, 4.69) is 0 Å². The summed E-state index contributed by atoms with van der Waals surface area (Å²) in [5.74, 6) is 1.50. The Morgan fingerprint density at radius 3 is 2.35 bits per heavy atom. The quantitative estimate of drug-likeness (QED) is 0.790. The van der Waals surface area contributed by atoms with Crippen molar-refractivity contribution in [3.05, 3.63) is 23.8 Å². The Kier molecular flexibility index (Phi) is 4.23. The Labute approximate surface area is 101 Å². The van der Waals surface area contributed by atoms with E-state index in [0.29, 0.717) is 26.4 Å². The summed E-state index contributed by atoms with van der Waals surface area (Å²) in [7, 11) is 0. The van der Waals surface area contributed by atoms with Gasteiger partial charge in [-0.25, -0.2) is 0 Å². The van der Waals surface area contributed by atoms with E-state index in [-0.39, 0.29) is 6.29 Å². The van der Waals surface area contributed by atoms with Crippen molar-refractivity contribution in [3.63, 3.8) is 0 Å². The zero-order valence-electron chi connectivity index (χ0n) is 10.3. The van der Waals surface area contributed by atoms with Crippen LogP contribution in [0.4, 0.5) is 0 Å². The van der Waals surface area contributed by atoms with Crippen LogP contribution in [0.3, 0.4) is 0 Å². The van der Waals surface area contributed by atoms with Crippen LogP contribution in [-0.2, 0) is 9.47 Å². The van der Waals surface area contributed by atoms with Crippen molar-refractivity contribution in [2.75, 3.05) is 26.4 Å². The van der Waals surface area contributed by atoms with Gasteiger partial charge in [0.1, 0.15) is 0 Å². The fraction of sp³-hybridized carbons (Fsp3) is 0.538. The predicted molar refractivity (Wildman–Crippen MR) is 63.4 cm³/mol. The van der Waals surface area contributed by atoms with Gasteiger partial charge in [-0.2, -0.15) is 0 Å². The molecule has 0 N–H and O–H groups in total. The first kappa shape index (κ1) is 12.2. The molecule has 1 saturated heterocycles. The summed E-state index contributed by atoms with van der Waals surface area (Å²) in [5.41, 5.74) is 0.967. The molecule has 0 aliphatic carbocycles. The standard InChI is InChI=1S/C13H18O4/c1-3-14-11-6-5-10(9-12(11)15-4-2)13-16-7-8-17-13/h5-6,9,13H,3-4,7-8H2,1-2H3. The van der Waals surface area contributed by atoms with Crippen molar-refractivity contribution in [2.45, 2.75) is 20.1 Å². The minimum Gasteiger partial charge on any atom is -0.490 e. The van der Waals surface area contributed by atoms with Crippen molar-refractivity contribution >= 4 is 0 Å². The molecule has 1 aliphatic heterocycles. The minimum absolute atomic E-state index is 0.273. The number of benzene rings is 1. The number of hydrogen-bond donors (Lipinski definition) is 0. The molecule has 4 heteroatoms.